The molecule has 0 N–H and O–H groups in total. The highest BCUT2D eigenvalue weighted by atomic mass is 16.7. The van der Waals surface area contributed by atoms with E-state index in [0.29, 0.717) is 0 Å². The van der Waals surface area contributed by atoms with Crippen LogP contribution in [0.5, 0.6) is 0 Å². The molecule has 0 radical (unpaired) electrons. The Hall–Kier alpha value is -3.22. The maximum absolute atomic E-state index is 11.7. The number of carbonyl (C=O) groups excluding carboxylic acids is 1. The zero-order valence-corrected chi connectivity index (χ0v) is 12.7. The Kier molecular flexibility index (Phi) is 5.03. The molecule has 2 rings (SSSR count). The SMILES string of the molecule is CN(C)c1ccc(/C=N/OC(=O)c2ccc([N+](=O)[O-])cc2)cc1. The van der Waals surface area contributed by atoms with Gasteiger partial charge in [-0.25, -0.2) is 4.79 Å². The zero-order valence-electron chi connectivity index (χ0n) is 12.7. The van der Waals surface area contributed by atoms with Gasteiger partial charge in [-0.2, -0.15) is 0 Å². The number of nitrogens with zero attached hydrogens (tertiary/aromatic N) is 3. The molecule has 0 saturated heterocycles. The summed E-state index contributed by atoms with van der Waals surface area (Å²) in [6.07, 6.45) is 1.42. The molecule has 0 amide bonds. The van der Waals surface area contributed by atoms with Crippen molar-refractivity contribution in [2.24, 2.45) is 5.16 Å². The van der Waals surface area contributed by atoms with Crippen molar-refractivity contribution in [2.75, 3.05) is 19.0 Å². The van der Waals surface area contributed by atoms with E-state index in [1.54, 1.807) is 0 Å². The van der Waals surface area contributed by atoms with Gasteiger partial charge in [0.05, 0.1) is 16.7 Å². The summed E-state index contributed by atoms with van der Waals surface area (Å²) >= 11 is 0. The summed E-state index contributed by atoms with van der Waals surface area (Å²) in [5, 5.41) is 14.2. The van der Waals surface area contributed by atoms with E-state index in [1.165, 1.54) is 30.5 Å². The number of anilines is 1. The van der Waals surface area contributed by atoms with Gasteiger partial charge in [0.15, 0.2) is 0 Å². The molecule has 0 aliphatic rings. The molecular weight excluding hydrogens is 298 g/mol. The van der Waals surface area contributed by atoms with Gasteiger partial charge in [0, 0.05) is 31.9 Å². The predicted molar refractivity (Wildman–Crippen MR) is 86.9 cm³/mol. The van der Waals surface area contributed by atoms with Crippen molar-refractivity contribution in [3.05, 3.63) is 69.8 Å². The lowest BCUT2D eigenvalue weighted by atomic mass is 10.2. The summed E-state index contributed by atoms with van der Waals surface area (Å²) in [6.45, 7) is 0. The summed E-state index contributed by atoms with van der Waals surface area (Å²) in [7, 11) is 3.88. The van der Waals surface area contributed by atoms with E-state index in [-0.39, 0.29) is 11.3 Å². The first-order valence-electron chi connectivity index (χ1n) is 6.74. The maximum Gasteiger partial charge on any atom is 0.365 e. The van der Waals surface area contributed by atoms with E-state index in [1.807, 2.05) is 43.3 Å². The molecule has 7 heteroatoms. The van der Waals surface area contributed by atoms with Gasteiger partial charge in [-0.05, 0) is 29.8 Å². The normalized spacial score (nSPS) is 10.5. The van der Waals surface area contributed by atoms with E-state index in [2.05, 4.69) is 5.16 Å². The number of benzene rings is 2. The van der Waals surface area contributed by atoms with Crippen LogP contribution < -0.4 is 4.90 Å². The molecule has 118 valence electrons. The van der Waals surface area contributed by atoms with Crippen molar-refractivity contribution in [1.29, 1.82) is 0 Å². The number of oxime groups is 1. The Morgan fingerprint density at radius 1 is 1.13 bits per heavy atom. The highest BCUT2D eigenvalue weighted by Crippen LogP contribution is 2.13. The molecule has 0 aliphatic heterocycles. The fourth-order valence-corrected chi connectivity index (χ4v) is 1.77. The van der Waals surface area contributed by atoms with E-state index in [4.69, 9.17) is 4.84 Å². The number of carbonyl (C=O) groups is 1. The second kappa shape index (κ2) is 7.17. The molecule has 0 spiro atoms. The lowest BCUT2D eigenvalue weighted by Crippen LogP contribution is -2.08. The average Bonchev–Trinajstić information content (AvgIpc) is 2.55. The molecular formula is C16H15N3O4. The van der Waals surface area contributed by atoms with Crippen LogP contribution in [0.4, 0.5) is 11.4 Å². The summed E-state index contributed by atoms with van der Waals surface area (Å²) in [5.74, 6) is -0.680. The van der Waals surface area contributed by atoms with Crippen molar-refractivity contribution >= 4 is 23.6 Å². The third-order valence-electron chi connectivity index (χ3n) is 3.06. The molecule has 0 aromatic heterocycles. The minimum Gasteiger partial charge on any atom is -0.378 e. The largest absolute Gasteiger partial charge is 0.378 e. The summed E-state index contributed by atoms with van der Waals surface area (Å²) in [5.41, 5.74) is 1.93. The predicted octanol–water partition coefficient (Wildman–Crippen LogP) is 2.85. The number of rotatable bonds is 5. The van der Waals surface area contributed by atoms with Crippen LogP contribution in [-0.4, -0.2) is 31.2 Å². The smallest absolute Gasteiger partial charge is 0.365 e. The first-order valence-corrected chi connectivity index (χ1v) is 6.74. The Bertz CT molecular complexity index is 722. The molecule has 0 bridgehead atoms. The van der Waals surface area contributed by atoms with Crippen LogP contribution in [0.1, 0.15) is 15.9 Å². The number of non-ortho nitro benzene ring substituents is 1. The molecule has 2 aromatic carbocycles. The molecule has 0 heterocycles. The lowest BCUT2D eigenvalue weighted by molar-refractivity contribution is -0.384. The van der Waals surface area contributed by atoms with Gasteiger partial charge in [0.25, 0.3) is 5.69 Å². The molecule has 0 fully saturated rings. The van der Waals surface area contributed by atoms with E-state index in [0.717, 1.165) is 11.3 Å². The summed E-state index contributed by atoms with van der Waals surface area (Å²) in [6, 6.07) is 12.6. The van der Waals surface area contributed by atoms with Gasteiger partial charge in [-0.15, -0.1) is 0 Å². The highest BCUT2D eigenvalue weighted by Gasteiger charge is 2.10. The van der Waals surface area contributed by atoms with Crippen molar-refractivity contribution < 1.29 is 14.6 Å². The van der Waals surface area contributed by atoms with Crippen molar-refractivity contribution in [2.45, 2.75) is 0 Å². The third-order valence-corrected chi connectivity index (χ3v) is 3.06. The fraction of sp³-hybridized carbons (Fsp3) is 0.125. The van der Waals surface area contributed by atoms with Crippen molar-refractivity contribution in [3.8, 4) is 0 Å². The van der Waals surface area contributed by atoms with Crippen molar-refractivity contribution in [1.82, 2.24) is 0 Å². The van der Waals surface area contributed by atoms with Crippen LogP contribution in [0.2, 0.25) is 0 Å². The van der Waals surface area contributed by atoms with Crippen LogP contribution in [0.3, 0.4) is 0 Å². The van der Waals surface area contributed by atoms with E-state index in [9.17, 15) is 14.9 Å². The van der Waals surface area contributed by atoms with Gasteiger partial charge in [0.1, 0.15) is 0 Å². The maximum atomic E-state index is 11.7. The molecule has 0 unspecified atom stereocenters. The first-order chi connectivity index (χ1) is 11.0. The monoisotopic (exact) mass is 313 g/mol. The molecule has 23 heavy (non-hydrogen) atoms. The van der Waals surface area contributed by atoms with E-state index < -0.39 is 10.9 Å². The van der Waals surface area contributed by atoms with Gasteiger partial charge in [0.2, 0.25) is 0 Å². The Morgan fingerprint density at radius 2 is 1.74 bits per heavy atom. The number of hydrogen-bond donors (Lipinski definition) is 0. The van der Waals surface area contributed by atoms with Crippen LogP contribution in [0.25, 0.3) is 0 Å². The first kappa shape index (κ1) is 16.2. The highest BCUT2D eigenvalue weighted by molar-refractivity contribution is 5.90. The molecule has 0 saturated carbocycles. The lowest BCUT2D eigenvalue weighted by Gasteiger charge is -2.11. The quantitative estimate of drug-likeness (QED) is 0.367. The zero-order chi connectivity index (χ0) is 16.8. The molecule has 2 aromatic rings. The Labute approximate surface area is 132 Å². The average molecular weight is 313 g/mol. The summed E-state index contributed by atoms with van der Waals surface area (Å²) in [4.78, 5) is 28.5. The third kappa shape index (κ3) is 4.37. The molecule has 0 aliphatic carbocycles. The minimum atomic E-state index is -0.680. The van der Waals surface area contributed by atoms with Crippen LogP contribution in [0.15, 0.2) is 53.7 Å². The molecule has 0 atom stereocenters. The molecule has 7 nitrogen and oxygen atoms in total. The Balaban J connectivity index is 1.96. The van der Waals surface area contributed by atoms with Gasteiger partial charge in [-0.1, -0.05) is 17.3 Å². The van der Waals surface area contributed by atoms with Crippen molar-refractivity contribution in [3.63, 3.8) is 0 Å². The second-order valence-corrected chi connectivity index (χ2v) is 4.90. The number of nitro benzene ring substituents is 1. The Morgan fingerprint density at radius 3 is 2.26 bits per heavy atom. The fourth-order valence-electron chi connectivity index (χ4n) is 1.77. The van der Waals surface area contributed by atoms with Crippen LogP contribution in [-0.2, 0) is 4.84 Å². The minimum absolute atomic E-state index is 0.0916. The topological polar surface area (TPSA) is 85.0 Å². The summed E-state index contributed by atoms with van der Waals surface area (Å²) < 4.78 is 0. The number of hydrogen-bond acceptors (Lipinski definition) is 6. The standard InChI is InChI=1S/C16H15N3O4/c1-18(2)14-7-3-12(4-8-14)11-17-23-16(20)13-5-9-15(10-6-13)19(21)22/h3-11H,1-2H3/b17-11+. The van der Waals surface area contributed by atoms with Gasteiger partial charge >= 0.3 is 5.97 Å². The van der Waals surface area contributed by atoms with Crippen LogP contribution >= 0.6 is 0 Å². The van der Waals surface area contributed by atoms with Gasteiger partial charge in [-0.3, -0.25) is 10.1 Å². The second-order valence-electron chi connectivity index (χ2n) is 4.90. The van der Waals surface area contributed by atoms with E-state index >= 15 is 0 Å². The number of nitro groups is 1. The van der Waals surface area contributed by atoms with Gasteiger partial charge < -0.3 is 9.74 Å². The van der Waals surface area contributed by atoms with Crippen LogP contribution in [0, 0.1) is 10.1 Å².